The molecule has 2 heterocycles. The SMILES string of the molecule is O=C(CCCl)N1CCN(c2ccc([N+](=O)[O-])nc2)CC1. The minimum absolute atomic E-state index is 0.0708. The molecule has 0 unspecified atom stereocenters. The second-order valence-electron chi connectivity index (χ2n) is 4.44. The first-order chi connectivity index (χ1) is 9.61. The second-order valence-corrected chi connectivity index (χ2v) is 4.82. The van der Waals surface area contributed by atoms with E-state index in [0.29, 0.717) is 38.5 Å². The quantitative estimate of drug-likeness (QED) is 0.475. The van der Waals surface area contributed by atoms with Crippen molar-refractivity contribution in [1.82, 2.24) is 9.88 Å². The Hall–Kier alpha value is -1.89. The van der Waals surface area contributed by atoms with Gasteiger partial charge >= 0.3 is 5.82 Å². The highest BCUT2D eigenvalue weighted by Crippen LogP contribution is 2.18. The summed E-state index contributed by atoms with van der Waals surface area (Å²) in [5.74, 6) is 0.247. The first-order valence-corrected chi connectivity index (χ1v) is 6.84. The van der Waals surface area contributed by atoms with Crippen LogP contribution in [0.2, 0.25) is 0 Å². The van der Waals surface area contributed by atoms with Crippen LogP contribution in [-0.4, -0.2) is 52.8 Å². The first kappa shape index (κ1) is 14.5. The van der Waals surface area contributed by atoms with Gasteiger partial charge in [0.1, 0.15) is 0 Å². The molecule has 1 amide bonds. The van der Waals surface area contributed by atoms with E-state index in [-0.39, 0.29) is 11.7 Å². The minimum Gasteiger partial charge on any atom is -0.365 e. The monoisotopic (exact) mass is 298 g/mol. The molecular formula is C12H15ClN4O3. The zero-order chi connectivity index (χ0) is 14.5. The Bertz CT molecular complexity index is 486. The highest BCUT2D eigenvalue weighted by Gasteiger charge is 2.21. The van der Waals surface area contributed by atoms with Crippen LogP contribution in [0, 0.1) is 10.1 Å². The number of carbonyl (C=O) groups excluding carboxylic acids is 1. The summed E-state index contributed by atoms with van der Waals surface area (Å²) in [6.45, 7) is 2.64. The van der Waals surface area contributed by atoms with Crippen LogP contribution in [-0.2, 0) is 4.79 Å². The molecule has 1 aromatic rings. The lowest BCUT2D eigenvalue weighted by Crippen LogP contribution is -2.48. The molecule has 8 heteroatoms. The number of hydrogen-bond acceptors (Lipinski definition) is 5. The highest BCUT2D eigenvalue weighted by atomic mass is 35.5. The Balaban J connectivity index is 1.93. The van der Waals surface area contributed by atoms with Crippen LogP contribution in [0.15, 0.2) is 18.3 Å². The Kier molecular flexibility index (Phi) is 4.73. The van der Waals surface area contributed by atoms with Gasteiger partial charge in [-0.15, -0.1) is 11.6 Å². The molecule has 0 N–H and O–H groups in total. The van der Waals surface area contributed by atoms with Crippen molar-refractivity contribution in [2.75, 3.05) is 37.0 Å². The Morgan fingerprint density at radius 1 is 1.35 bits per heavy atom. The Labute approximate surface area is 121 Å². The van der Waals surface area contributed by atoms with Crippen LogP contribution < -0.4 is 4.90 Å². The average molecular weight is 299 g/mol. The number of halogens is 1. The van der Waals surface area contributed by atoms with E-state index < -0.39 is 4.92 Å². The molecule has 0 aromatic carbocycles. The van der Waals surface area contributed by atoms with Crippen LogP contribution >= 0.6 is 11.6 Å². The summed E-state index contributed by atoms with van der Waals surface area (Å²) in [4.78, 5) is 29.4. The van der Waals surface area contributed by atoms with Gasteiger partial charge in [0.25, 0.3) is 0 Å². The third kappa shape index (κ3) is 3.36. The number of anilines is 1. The van der Waals surface area contributed by atoms with Gasteiger partial charge in [-0.3, -0.25) is 4.79 Å². The molecule has 0 radical (unpaired) electrons. The molecule has 0 aliphatic carbocycles. The van der Waals surface area contributed by atoms with E-state index in [1.807, 2.05) is 0 Å². The summed E-state index contributed by atoms with van der Waals surface area (Å²) in [5.41, 5.74) is 0.833. The van der Waals surface area contributed by atoms with E-state index in [4.69, 9.17) is 11.6 Å². The molecule has 0 atom stereocenters. The minimum atomic E-state index is -0.521. The zero-order valence-electron chi connectivity index (χ0n) is 10.9. The summed E-state index contributed by atoms with van der Waals surface area (Å²) >= 11 is 5.56. The molecule has 1 aromatic heterocycles. The number of rotatable bonds is 4. The van der Waals surface area contributed by atoms with Gasteiger partial charge in [-0.1, -0.05) is 0 Å². The van der Waals surface area contributed by atoms with Crippen LogP contribution in [0.4, 0.5) is 11.5 Å². The summed E-state index contributed by atoms with van der Waals surface area (Å²) in [5, 5.41) is 10.5. The number of amides is 1. The molecule has 1 aliphatic heterocycles. The molecule has 7 nitrogen and oxygen atoms in total. The number of hydrogen-bond donors (Lipinski definition) is 0. The number of pyridine rings is 1. The van der Waals surface area contributed by atoms with Crippen molar-refractivity contribution in [3.63, 3.8) is 0 Å². The van der Waals surface area contributed by atoms with Gasteiger partial charge < -0.3 is 19.9 Å². The van der Waals surface area contributed by atoms with Gasteiger partial charge in [-0.05, 0) is 16.0 Å². The lowest BCUT2D eigenvalue weighted by atomic mass is 10.2. The van der Waals surface area contributed by atoms with Gasteiger partial charge in [-0.25, -0.2) is 0 Å². The third-order valence-electron chi connectivity index (χ3n) is 3.23. The van der Waals surface area contributed by atoms with E-state index in [9.17, 15) is 14.9 Å². The van der Waals surface area contributed by atoms with E-state index in [2.05, 4.69) is 9.88 Å². The largest absolute Gasteiger partial charge is 0.365 e. The van der Waals surface area contributed by atoms with Crippen LogP contribution in [0.5, 0.6) is 0 Å². The van der Waals surface area contributed by atoms with E-state index >= 15 is 0 Å². The summed E-state index contributed by atoms with van der Waals surface area (Å²) in [7, 11) is 0. The lowest BCUT2D eigenvalue weighted by molar-refractivity contribution is -0.389. The molecule has 20 heavy (non-hydrogen) atoms. The molecule has 1 aliphatic rings. The topological polar surface area (TPSA) is 79.6 Å². The average Bonchev–Trinajstić information content (AvgIpc) is 2.48. The molecule has 2 rings (SSSR count). The van der Waals surface area contributed by atoms with E-state index in [1.54, 1.807) is 11.0 Å². The molecular weight excluding hydrogens is 284 g/mol. The predicted molar refractivity (Wildman–Crippen MR) is 75.0 cm³/mol. The maximum absolute atomic E-state index is 11.7. The number of nitrogens with zero attached hydrogens (tertiary/aromatic N) is 4. The van der Waals surface area contributed by atoms with E-state index in [0.717, 1.165) is 5.69 Å². The maximum Gasteiger partial charge on any atom is 0.363 e. The van der Waals surface area contributed by atoms with Gasteiger partial charge in [0, 0.05) is 44.5 Å². The summed E-state index contributed by atoms with van der Waals surface area (Å²) < 4.78 is 0. The summed E-state index contributed by atoms with van der Waals surface area (Å²) in [6, 6.07) is 3.07. The smallest absolute Gasteiger partial charge is 0.363 e. The molecule has 0 saturated carbocycles. The molecule has 108 valence electrons. The number of piperazine rings is 1. The maximum atomic E-state index is 11.7. The standard InChI is InChI=1S/C12H15ClN4O3/c13-4-3-12(18)16-7-5-15(6-8-16)10-1-2-11(14-9-10)17(19)20/h1-2,9H,3-8H2. The number of aromatic nitrogens is 1. The van der Waals surface area contributed by atoms with Crippen LogP contribution in [0.3, 0.4) is 0 Å². The Morgan fingerprint density at radius 3 is 2.55 bits per heavy atom. The van der Waals surface area contributed by atoms with Gasteiger partial charge in [-0.2, -0.15) is 0 Å². The zero-order valence-corrected chi connectivity index (χ0v) is 11.6. The Morgan fingerprint density at radius 2 is 2.05 bits per heavy atom. The number of alkyl halides is 1. The van der Waals surface area contributed by atoms with Crippen molar-refractivity contribution in [2.24, 2.45) is 0 Å². The van der Waals surface area contributed by atoms with Gasteiger partial charge in [0.2, 0.25) is 5.91 Å². The van der Waals surface area contributed by atoms with Crippen LogP contribution in [0.1, 0.15) is 6.42 Å². The van der Waals surface area contributed by atoms with Crippen molar-refractivity contribution in [1.29, 1.82) is 0 Å². The number of carbonyl (C=O) groups is 1. The second kappa shape index (κ2) is 6.51. The summed E-state index contributed by atoms with van der Waals surface area (Å²) in [6.07, 6.45) is 1.86. The molecule has 1 fully saturated rings. The molecule has 0 spiro atoms. The fraction of sp³-hybridized carbons (Fsp3) is 0.500. The van der Waals surface area contributed by atoms with E-state index in [1.165, 1.54) is 12.3 Å². The fourth-order valence-corrected chi connectivity index (χ4v) is 2.29. The van der Waals surface area contributed by atoms with Crippen molar-refractivity contribution in [3.05, 3.63) is 28.4 Å². The van der Waals surface area contributed by atoms with Crippen molar-refractivity contribution in [3.8, 4) is 0 Å². The highest BCUT2D eigenvalue weighted by molar-refractivity contribution is 6.18. The lowest BCUT2D eigenvalue weighted by Gasteiger charge is -2.35. The van der Waals surface area contributed by atoms with Crippen molar-refractivity contribution < 1.29 is 9.72 Å². The molecule has 0 bridgehead atoms. The van der Waals surface area contributed by atoms with Gasteiger partial charge in [0.15, 0.2) is 6.20 Å². The van der Waals surface area contributed by atoms with Crippen molar-refractivity contribution in [2.45, 2.75) is 6.42 Å². The number of nitro groups is 1. The van der Waals surface area contributed by atoms with Crippen LogP contribution in [0.25, 0.3) is 0 Å². The molecule has 1 saturated heterocycles. The third-order valence-corrected chi connectivity index (χ3v) is 3.41. The van der Waals surface area contributed by atoms with Crippen molar-refractivity contribution >= 4 is 29.0 Å². The normalized spacial score (nSPS) is 15.2. The first-order valence-electron chi connectivity index (χ1n) is 6.31. The fourth-order valence-electron chi connectivity index (χ4n) is 2.13. The van der Waals surface area contributed by atoms with Gasteiger partial charge in [0.05, 0.1) is 5.69 Å². The predicted octanol–water partition coefficient (Wildman–Crippen LogP) is 1.27.